The molecule has 0 aliphatic rings. The first-order chi connectivity index (χ1) is 13.5. The molecule has 0 radical (unpaired) electrons. The monoisotopic (exact) mass is 391 g/mol. The Balaban J connectivity index is 1.98. The molecule has 2 aromatic carbocycles. The van der Waals surface area contributed by atoms with Crippen LogP contribution in [-0.4, -0.2) is 21.9 Å². The summed E-state index contributed by atoms with van der Waals surface area (Å²) in [4.78, 5) is 25.1. The molecule has 3 aromatic rings. The Morgan fingerprint density at radius 1 is 1.21 bits per heavy atom. The summed E-state index contributed by atoms with van der Waals surface area (Å²) in [6.07, 6.45) is 1.48. The normalized spacial score (nSPS) is 10.6. The lowest BCUT2D eigenvalue weighted by molar-refractivity contribution is 0.0947. The zero-order valence-corrected chi connectivity index (χ0v) is 15.5. The maximum absolute atomic E-state index is 12.6. The highest BCUT2D eigenvalue weighted by molar-refractivity contribution is 6.30. The van der Waals surface area contributed by atoms with Crippen molar-refractivity contribution in [2.24, 2.45) is 5.10 Å². The predicted molar refractivity (Wildman–Crippen MR) is 106 cm³/mol. The lowest BCUT2D eigenvalue weighted by Gasteiger charge is -2.10. The molecule has 0 bridgehead atoms. The molecule has 1 amide bonds. The van der Waals surface area contributed by atoms with Crippen molar-refractivity contribution >= 4 is 23.7 Å². The summed E-state index contributed by atoms with van der Waals surface area (Å²) in [6, 6.07) is 17.4. The fraction of sp³-hybridized carbons (Fsp3) is 0.0500. The van der Waals surface area contributed by atoms with Crippen LogP contribution < -0.4 is 11.0 Å². The largest absolute Gasteiger partial charge is 0.292 e. The van der Waals surface area contributed by atoms with Crippen molar-refractivity contribution in [2.45, 2.75) is 6.92 Å². The van der Waals surface area contributed by atoms with Gasteiger partial charge in [0.25, 0.3) is 11.5 Å². The number of nitrogens with one attached hydrogen (secondary N) is 1. The van der Waals surface area contributed by atoms with Gasteiger partial charge in [-0.1, -0.05) is 41.9 Å². The first kappa shape index (κ1) is 19.0. The zero-order valence-electron chi connectivity index (χ0n) is 14.8. The lowest BCUT2D eigenvalue weighted by Crippen LogP contribution is -2.31. The van der Waals surface area contributed by atoms with Crippen LogP contribution >= 0.6 is 11.6 Å². The molecule has 0 aliphatic heterocycles. The van der Waals surface area contributed by atoms with Crippen molar-refractivity contribution in [3.05, 3.63) is 92.4 Å². The Kier molecular flexibility index (Phi) is 5.63. The average Bonchev–Trinajstić information content (AvgIpc) is 2.70. The first-order valence-corrected chi connectivity index (χ1v) is 8.57. The quantitative estimate of drug-likeness (QED) is 0.545. The summed E-state index contributed by atoms with van der Waals surface area (Å²) < 4.78 is 0.998. The van der Waals surface area contributed by atoms with E-state index in [1.54, 1.807) is 24.3 Å². The van der Waals surface area contributed by atoms with Gasteiger partial charge >= 0.3 is 0 Å². The number of benzene rings is 2. The van der Waals surface area contributed by atoms with E-state index >= 15 is 0 Å². The van der Waals surface area contributed by atoms with Crippen molar-refractivity contribution in [3.8, 4) is 11.8 Å². The van der Waals surface area contributed by atoms with Crippen molar-refractivity contribution in [1.82, 2.24) is 15.2 Å². The summed E-state index contributed by atoms with van der Waals surface area (Å²) in [6.45, 7) is 1.50. The number of halogens is 1. The van der Waals surface area contributed by atoms with Crippen LogP contribution in [0, 0.1) is 18.3 Å². The molecule has 0 aliphatic carbocycles. The minimum absolute atomic E-state index is 0.0729. The van der Waals surface area contributed by atoms with E-state index in [1.807, 2.05) is 36.4 Å². The first-order valence-electron chi connectivity index (χ1n) is 8.19. The maximum atomic E-state index is 12.6. The third-order valence-corrected chi connectivity index (χ3v) is 4.17. The molecule has 1 aromatic heterocycles. The van der Waals surface area contributed by atoms with Crippen LogP contribution in [0.15, 0.2) is 64.5 Å². The zero-order chi connectivity index (χ0) is 20.1. The molecule has 0 saturated carbocycles. The molecule has 1 N–H and O–H groups in total. The second-order valence-electron chi connectivity index (χ2n) is 5.76. The number of aromatic nitrogens is 2. The highest BCUT2D eigenvalue weighted by Crippen LogP contribution is 2.13. The van der Waals surface area contributed by atoms with Crippen LogP contribution in [0.2, 0.25) is 5.02 Å². The Bertz CT molecular complexity index is 1150. The number of rotatable bonds is 4. The number of nitrogens with zero attached hydrogens (tertiary/aromatic N) is 4. The molecule has 7 nitrogen and oxygen atoms in total. The minimum Gasteiger partial charge on any atom is -0.266 e. The highest BCUT2D eigenvalue weighted by Gasteiger charge is 2.20. The molecule has 28 heavy (non-hydrogen) atoms. The van der Waals surface area contributed by atoms with Gasteiger partial charge in [-0.15, -0.1) is 0 Å². The van der Waals surface area contributed by atoms with Gasteiger partial charge in [0.15, 0.2) is 5.69 Å². The van der Waals surface area contributed by atoms with Crippen LogP contribution in [0.3, 0.4) is 0 Å². The van der Waals surface area contributed by atoms with E-state index in [4.69, 9.17) is 11.6 Å². The minimum atomic E-state index is -0.635. The summed E-state index contributed by atoms with van der Waals surface area (Å²) in [5, 5.41) is 17.9. The number of carbonyl (C=O) groups excluding carboxylic acids is 1. The van der Waals surface area contributed by atoms with Gasteiger partial charge in [0.05, 0.1) is 11.9 Å². The fourth-order valence-electron chi connectivity index (χ4n) is 2.47. The van der Waals surface area contributed by atoms with Gasteiger partial charge in [0.1, 0.15) is 11.6 Å². The molecule has 0 unspecified atom stereocenters. The van der Waals surface area contributed by atoms with Crippen molar-refractivity contribution in [1.29, 1.82) is 5.26 Å². The topological polar surface area (TPSA) is 100 Å². The van der Waals surface area contributed by atoms with E-state index in [2.05, 4.69) is 15.6 Å². The Morgan fingerprint density at radius 2 is 1.89 bits per heavy atom. The van der Waals surface area contributed by atoms with E-state index in [9.17, 15) is 14.9 Å². The van der Waals surface area contributed by atoms with Crippen LogP contribution in [0.1, 0.15) is 27.2 Å². The second-order valence-corrected chi connectivity index (χ2v) is 6.20. The van der Waals surface area contributed by atoms with Crippen LogP contribution in [0.4, 0.5) is 0 Å². The van der Waals surface area contributed by atoms with Crippen LogP contribution in [0.25, 0.3) is 5.69 Å². The highest BCUT2D eigenvalue weighted by atomic mass is 35.5. The van der Waals surface area contributed by atoms with Crippen molar-refractivity contribution < 1.29 is 4.79 Å². The number of carbonyl (C=O) groups is 1. The van der Waals surface area contributed by atoms with E-state index in [1.165, 1.54) is 13.1 Å². The molecule has 0 atom stereocenters. The van der Waals surface area contributed by atoms with Gasteiger partial charge in [0, 0.05) is 10.6 Å². The van der Waals surface area contributed by atoms with Gasteiger partial charge in [-0.05, 0) is 36.8 Å². The van der Waals surface area contributed by atoms with Gasteiger partial charge < -0.3 is 0 Å². The smallest absolute Gasteiger partial charge is 0.266 e. The number of nitriles is 1. The maximum Gasteiger partial charge on any atom is 0.292 e. The van der Waals surface area contributed by atoms with E-state index < -0.39 is 11.5 Å². The van der Waals surface area contributed by atoms with Crippen LogP contribution in [-0.2, 0) is 0 Å². The molecule has 1 heterocycles. The molecule has 138 valence electrons. The Morgan fingerprint density at radius 3 is 2.54 bits per heavy atom. The van der Waals surface area contributed by atoms with Crippen LogP contribution in [0.5, 0.6) is 0 Å². The van der Waals surface area contributed by atoms with Crippen molar-refractivity contribution in [2.75, 3.05) is 0 Å². The molecule has 0 fully saturated rings. The Hall–Kier alpha value is -3.76. The fourth-order valence-corrected chi connectivity index (χ4v) is 2.59. The van der Waals surface area contributed by atoms with Crippen molar-refractivity contribution in [3.63, 3.8) is 0 Å². The van der Waals surface area contributed by atoms with E-state index in [0.717, 1.165) is 10.2 Å². The SMILES string of the molecule is Cc1c(C(=O)NN=Cc2ccccc2)nn(-c2ccc(Cl)cc2)c(=O)c1C#N. The molecule has 0 saturated heterocycles. The predicted octanol–water partition coefficient (Wildman–Crippen LogP) is 2.83. The summed E-state index contributed by atoms with van der Waals surface area (Å²) in [5.74, 6) is -0.635. The van der Waals surface area contributed by atoms with Gasteiger partial charge in [0.2, 0.25) is 0 Å². The lowest BCUT2D eigenvalue weighted by atomic mass is 10.1. The number of hydrazone groups is 1. The molecule has 3 rings (SSSR count). The number of hydrogen-bond donors (Lipinski definition) is 1. The molecule has 8 heteroatoms. The van der Waals surface area contributed by atoms with E-state index in [0.29, 0.717) is 10.7 Å². The van der Waals surface area contributed by atoms with Gasteiger partial charge in [-0.3, -0.25) is 9.59 Å². The Labute approximate surface area is 165 Å². The molecular weight excluding hydrogens is 378 g/mol. The molecular formula is C20H14ClN5O2. The third-order valence-electron chi connectivity index (χ3n) is 3.91. The standard InChI is InChI=1S/C20H14ClN5O2/c1-13-17(11-22)20(28)26(16-9-7-15(21)8-10-16)25-18(13)19(27)24-23-12-14-5-3-2-4-6-14/h2-10,12H,1H3,(H,24,27). The number of amides is 1. The van der Waals surface area contributed by atoms with Gasteiger partial charge in [-0.2, -0.15) is 20.1 Å². The van der Waals surface area contributed by atoms with Gasteiger partial charge in [-0.25, -0.2) is 5.43 Å². The molecule has 0 spiro atoms. The summed E-state index contributed by atoms with van der Waals surface area (Å²) >= 11 is 5.87. The number of hydrogen-bond acceptors (Lipinski definition) is 5. The van der Waals surface area contributed by atoms with E-state index in [-0.39, 0.29) is 16.8 Å². The summed E-state index contributed by atoms with van der Waals surface area (Å²) in [5.41, 5.74) is 2.88. The average molecular weight is 392 g/mol. The summed E-state index contributed by atoms with van der Waals surface area (Å²) in [7, 11) is 0. The second kappa shape index (κ2) is 8.29. The third kappa shape index (κ3) is 3.98.